The molecule has 17 heavy (non-hydrogen) atoms. The smallest absolute Gasteiger partial charge is 0.0951 e. The van der Waals surface area contributed by atoms with Gasteiger partial charge < -0.3 is 15.4 Å². The van der Waals surface area contributed by atoms with Crippen molar-refractivity contribution < 1.29 is 5.11 Å². The second-order valence-corrected chi connectivity index (χ2v) is 4.78. The Morgan fingerprint density at radius 3 is 2.71 bits per heavy atom. The van der Waals surface area contributed by atoms with Gasteiger partial charge in [-0.25, -0.2) is 4.98 Å². The highest BCUT2D eigenvalue weighted by atomic mass is 79.9. The Kier molecular flexibility index (Phi) is 3.93. The molecule has 2 aromatic rings. The summed E-state index contributed by atoms with van der Waals surface area (Å²) in [6.07, 6.45) is 3.42. The van der Waals surface area contributed by atoms with Gasteiger partial charge in [-0.3, -0.25) is 0 Å². The third kappa shape index (κ3) is 2.94. The van der Waals surface area contributed by atoms with Crippen LogP contribution in [0.25, 0.3) is 0 Å². The lowest BCUT2D eigenvalue weighted by Gasteiger charge is -2.12. The number of aliphatic hydroxyl groups excluding tert-OH is 1. The molecule has 0 aliphatic carbocycles. The first-order valence-electron chi connectivity index (χ1n) is 5.31. The minimum Gasteiger partial charge on any atom is -0.394 e. The van der Waals surface area contributed by atoms with E-state index >= 15 is 0 Å². The fraction of sp³-hybridized carbons (Fsp3) is 0.250. The van der Waals surface area contributed by atoms with Gasteiger partial charge in [0.2, 0.25) is 0 Å². The molecule has 1 heterocycles. The topological polar surface area (TPSA) is 64.1 Å². The van der Waals surface area contributed by atoms with Crippen molar-refractivity contribution >= 4 is 15.9 Å². The molecule has 0 aliphatic rings. The maximum absolute atomic E-state index is 9.06. The Labute approximate surface area is 108 Å². The summed E-state index contributed by atoms with van der Waals surface area (Å²) in [4.78, 5) is 4.07. The molecule has 0 saturated heterocycles. The molecule has 1 aromatic heterocycles. The predicted molar refractivity (Wildman–Crippen MR) is 69.5 cm³/mol. The Morgan fingerprint density at radius 1 is 1.35 bits per heavy atom. The lowest BCUT2D eigenvalue weighted by molar-refractivity contribution is 0.263. The zero-order valence-corrected chi connectivity index (χ0v) is 10.8. The first kappa shape index (κ1) is 12.3. The summed E-state index contributed by atoms with van der Waals surface area (Å²) < 4.78 is 3.00. The third-order valence-corrected chi connectivity index (χ3v) is 3.12. The number of benzene rings is 1. The van der Waals surface area contributed by atoms with Crippen molar-refractivity contribution in [1.82, 2.24) is 9.55 Å². The van der Waals surface area contributed by atoms with Crippen molar-refractivity contribution in [3.63, 3.8) is 0 Å². The lowest BCUT2D eigenvalue weighted by atomic mass is 10.2. The van der Waals surface area contributed by atoms with Gasteiger partial charge in [0.15, 0.2) is 0 Å². The molecule has 0 saturated carbocycles. The summed E-state index contributed by atoms with van der Waals surface area (Å²) in [7, 11) is 0. The fourth-order valence-electron chi connectivity index (χ4n) is 1.65. The first-order chi connectivity index (χ1) is 8.20. The molecule has 1 unspecified atom stereocenters. The van der Waals surface area contributed by atoms with Gasteiger partial charge in [0.25, 0.3) is 0 Å². The maximum atomic E-state index is 9.06. The van der Waals surface area contributed by atoms with E-state index in [1.165, 1.54) is 0 Å². The Balaban J connectivity index is 2.18. The number of imidazole rings is 1. The van der Waals surface area contributed by atoms with E-state index < -0.39 is 0 Å². The molecular weight excluding hydrogens is 282 g/mol. The molecule has 90 valence electrons. The number of aliphatic hydroxyl groups is 1. The number of nitrogens with two attached hydrogens (primary N) is 1. The van der Waals surface area contributed by atoms with Crippen molar-refractivity contribution in [2.24, 2.45) is 5.73 Å². The van der Waals surface area contributed by atoms with Crippen molar-refractivity contribution in [3.05, 3.63) is 52.5 Å². The van der Waals surface area contributed by atoms with Crippen LogP contribution in [0.4, 0.5) is 0 Å². The summed E-state index contributed by atoms with van der Waals surface area (Å²) in [6, 6.07) is 7.69. The van der Waals surface area contributed by atoms with Crippen molar-refractivity contribution in [2.75, 3.05) is 6.61 Å². The van der Waals surface area contributed by atoms with E-state index in [2.05, 4.69) is 20.9 Å². The number of aromatic nitrogens is 2. The van der Waals surface area contributed by atoms with E-state index in [0.29, 0.717) is 6.54 Å². The SMILES string of the molecule is NC(CO)c1cncn1Cc1ccc(Br)cc1. The van der Waals surface area contributed by atoms with Gasteiger partial charge in [-0.15, -0.1) is 0 Å². The predicted octanol–water partition coefficient (Wildman–Crippen LogP) is 1.69. The Hall–Kier alpha value is -1.17. The highest BCUT2D eigenvalue weighted by molar-refractivity contribution is 9.10. The summed E-state index contributed by atoms with van der Waals surface area (Å²) in [5.41, 5.74) is 7.81. The molecule has 0 fully saturated rings. The van der Waals surface area contributed by atoms with Crippen LogP contribution in [0, 0.1) is 0 Å². The van der Waals surface area contributed by atoms with Crippen LogP contribution in [0.15, 0.2) is 41.3 Å². The van der Waals surface area contributed by atoms with Crippen LogP contribution in [-0.2, 0) is 6.54 Å². The van der Waals surface area contributed by atoms with Crippen molar-refractivity contribution in [3.8, 4) is 0 Å². The number of rotatable bonds is 4. The summed E-state index contributed by atoms with van der Waals surface area (Å²) >= 11 is 3.40. The zero-order chi connectivity index (χ0) is 12.3. The Bertz CT molecular complexity index is 481. The fourth-order valence-corrected chi connectivity index (χ4v) is 1.92. The number of nitrogens with zero attached hydrogens (tertiary/aromatic N) is 2. The molecule has 4 nitrogen and oxygen atoms in total. The van der Waals surface area contributed by atoms with E-state index in [0.717, 1.165) is 15.7 Å². The molecule has 0 amide bonds. The first-order valence-corrected chi connectivity index (χ1v) is 6.11. The normalized spacial score (nSPS) is 12.6. The van der Waals surface area contributed by atoms with E-state index in [9.17, 15) is 0 Å². The van der Waals surface area contributed by atoms with Crippen LogP contribution in [0.1, 0.15) is 17.3 Å². The summed E-state index contributed by atoms with van der Waals surface area (Å²) in [6.45, 7) is 0.627. The van der Waals surface area contributed by atoms with Crippen LogP contribution >= 0.6 is 15.9 Å². The lowest BCUT2D eigenvalue weighted by Crippen LogP contribution is -2.18. The maximum Gasteiger partial charge on any atom is 0.0951 e. The van der Waals surface area contributed by atoms with Crippen LogP contribution in [-0.4, -0.2) is 21.3 Å². The monoisotopic (exact) mass is 295 g/mol. The van der Waals surface area contributed by atoms with Gasteiger partial charge in [-0.2, -0.15) is 0 Å². The molecule has 1 aromatic carbocycles. The van der Waals surface area contributed by atoms with Gasteiger partial charge in [0.1, 0.15) is 0 Å². The second-order valence-electron chi connectivity index (χ2n) is 3.86. The molecule has 0 radical (unpaired) electrons. The molecule has 0 aliphatic heterocycles. The van der Waals surface area contributed by atoms with Crippen LogP contribution in [0.2, 0.25) is 0 Å². The van der Waals surface area contributed by atoms with Gasteiger partial charge in [-0.1, -0.05) is 28.1 Å². The number of halogens is 1. The molecule has 2 rings (SSSR count). The van der Waals surface area contributed by atoms with Gasteiger partial charge >= 0.3 is 0 Å². The largest absolute Gasteiger partial charge is 0.394 e. The third-order valence-electron chi connectivity index (χ3n) is 2.59. The molecule has 0 spiro atoms. The van der Waals surface area contributed by atoms with Crippen LogP contribution in [0.5, 0.6) is 0 Å². The number of hydrogen-bond donors (Lipinski definition) is 2. The van der Waals surface area contributed by atoms with Gasteiger partial charge in [0.05, 0.1) is 24.7 Å². The molecule has 0 bridgehead atoms. The molecular formula is C12H14BrN3O. The molecule has 5 heteroatoms. The van der Waals surface area contributed by atoms with E-state index in [-0.39, 0.29) is 12.6 Å². The second kappa shape index (κ2) is 5.44. The average Bonchev–Trinajstić information content (AvgIpc) is 2.79. The molecule has 1 atom stereocenters. The van der Waals surface area contributed by atoms with Crippen molar-refractivity contribution in [1.29, 1.82) is 0 Å². The Morgan fingerprint density at radius 2 is 2.06 bits per heavy atom. The minimum atomic E-state index is -0.382. The highest BCUT2D eigenvalue weighted by Crippen LogP contribution is 2.14. The van der Waals surface area contributed by atoms with Gasteiger partial charge in [0, 0.05) is 17.2 Å². The summed E-state index contributed by atoms with van der Waals surface area (Å²) in [5, 5.41) is 9.06. The highest BCUT2D eigenvalue weighted by Gasteiger charge is 2.10. The quantitative estimate of drug-likeness (QED) is 0.902. The average molecular weight is 296 g/mol. The van der Waals surface area contributed by atoms with Crippen LogP contribution < -0.4 is 5.73 Å². The molecule has 3 N–H and O–H groups in total. The van der Waals surface area contributed by atoms with Crippen LogP contribution in [0.3, 0.4) is 0 Å². The number of hydrogen-bond acceptors (Lipinski definition) is 3. The standard InChI is InChI=1S/C12H14BrN3O/c13-10-3-1-9(2-4-10)6-16-8-15-5-12(16)11(14)7-17/h1-5,8,11,17H,6-7,14H2. The van der Waals surface area contributed by atoms with Crippen molar-refractivity contribution in [2.45, 2.75) is 12.6 Å². The van der Waals surface area contributed by atoms with E-state index in [4.69, 9.17) is 10.8 Å². The zero-order valence-electron chi connectivity index (χ0n) is 9.25. The summed E-state index contributed by atoms with van der Waals surface area (Å²) in [5.74, 6) is 0. The van der Waals surface area contributed by atoms with E-state index in [1.54, 1.807) is 12.5 Å². The minimum absolute atomic E-state index is 0.0774. The van der Waals surface area contributed by atoms with Gasteiger partial charge in [-0.05, 0) is 17.7 Å². The van der Waals surface area contributed by atoms with E-state index in [1.807, 2.05) is 28.8 Å².